The van der Waals surface area contributed by atoms with E-state index in [2.05, 4.69) is 5.32 Å². The first-order valence-corrected chi connectivity index (χ1v) is 11.1. The second-order valence-corrected chi connectivity index (χ2v) is 8.37. The van der Waals surface area contributed by atoms with Gasteiger partial charge >= 0.3 is 5.97 Å². The highest BCUT2D eigenvalue weighted by atomic mass is 16.5. The van der Waals surface area contributed by atoms with Crippen molar-refractivity contribution < 1.29 is 23.9 Å². The van der Waals surface area contributed by atoms with E-state index in [9.17, 15) is 19.2 Å². The number of amides is 3. The molecule has 7 heteroatoms. The molecule has 1 saturated heterocycles. The topological polar surface area (TPSA) is 92.8 Å². The lowest BCUT2D eigenvalue weighted by Gasteiger charge is -2.15. The molecule has 2 aliphatic rings. The van der Waals surface area contributed by atoms with Gasteiger partial charge in [0.2, 0.25) is 11.8 Å². The van der Waals surface area contributed by atoms with E-state index in [-0.39, 0.29) is 29.2 Å². The van der Waals surface area contributed by atoms with Crippen LogP contribution in [0.4, 0.5) is 11.4 Å². The molecular weight excluding hydrogens is 432 g/mol. The van der Waals surface area contributed by atoms with Crippen LogP contribution in [0.2, 0.25) is 0 Å². The summed E-state index contributed by atoms with van der Waals surface area (Å²) in [6.45, 7) is -0.469. The molecule has 1 aliphatic carbocycles. The van der Waals surface area contributed by atoms with E-state index < -0.39 is 18.5 Å². The highest BCUT2D eigenvalue weighted by Crippen LogP contribution is 2.37. The summed E-state index contributed by atoms with van der Waals surface area (Å²) >= 11 is 0. The Morgan fingerprint density at radius 2 is 1.56 bits per heavy atom. The van der Waals surface area contributed by atoms with Crippen LogP contribution in [0.5, 0.6) is 0 Å². The van der Waals surface area contributed by atoms with Crippen LogP contribution in [0.3, 0.4) is 0 Å². The Bertz CT molecular complexity index is 1310. The number of hydrogen-bond donors (Lipinski definition) is 1. The number of benzene rings is 3. The Morgan fingerprint density at radius 3 is 2.32 bits per heavy atom. The van der Waals surface area contributed by atoms with Crippen molar-refractivity contribution in [1.29, 1.82) is 0 Å². The van der Waals surface area contributed by atoms with Gasteiger partial charge in [-0.05, 0) is 42.5 Å². The monoisotopic (exact) mass is 454 g/mol. The van der Waals surface area contributed by atoms with Crippen LogP contribution in [-0.4, -0.2) is 30.3 Å². The van der Waals surface area contributed by atoms with E-state index >= 15 is 0 Å². The number of carbonyl (C=O) groups excluding carboxylic acids is 4. The first-order valence-electron chi connectivity index (χ1n) is 11.1. The average Bonchev–Trinajstić information content (AvgIpc) is 3.13. The minimum Gasteiger partial charge on any atom is -0.452 e. The smallest absolute Gasteiger partial charge is 0.338 e. The van der Waals surface area contributed by atoms with E-state index in [0.717, 1.165) is 15.7 Å². The summed E-state index contributed by atoms with van der Waals surface area (Å²) in [5.74, 6) is -2.40. The van der Waals surface area contributed by atoms with E-state index in [4.69, 9.17) is 4.74 Å². The van der Waals surface area contributed by atoms with Gasteiger partial charge in [0.15, 0.2) is 6.61 Å². The number of imide groups is 1. The van der Waals surface area contributed by atoms with Crippen molar-refractivity contribution >= 4 is 45.8 Å². The number of nitrogens with one attached hydrogen (secondary N) is 1. The third-order valence-electron chi connectivity index (χ3n) is 6.25. The molecule has 5 rings (SSSR count). The lowest BCUT2D eigenvalue weighted by Crippen LogP contribution is -2.31. The second kappa shape index (κ2) is 8.94. The largest absolute Gasteiger partial charge is 0.452 e. The summed E-state index contributed by atoms with van der Waals surface area (Å²) in [5.41, 5.74) is 1.12. The molecule has 7 nitrogen and oxygen atoms in total. The summed E-state index contributed by atoms with van der Waals surface area (Å²) in [5, 5.41) is 4.63. The maximum Gasteiger partial charge on any atom is 0.338 e. The van der Waals surface area contributed by atoms with E-state index in [1.807, 2.05) is 48.6 Å². The van der Waals surface area contributed by atoms with Crippen LogP contribution < -0.4 is 10.2 Å². The molecule has 0 spiro atoms. The molecule has 0 saturated carbocycles. The van der Waals surface area contributed by atoms with Gasteiger partial charge in [0.25, 0.3) is 5.91 Å². The van der Waals surface area contributed by atoms with Crippen molar-refractivity contribution in [3.05, 3.63) is 84.4 Å². The number of fused-ring (bicyclic) bond motifs is 2. The van der Waals surface area contributed by atoms with Crippen molar-refractivity contribution in [2.24, 2.45) is 11.8 Å². The van der Waals surface area contributed by atoms with Gasteiger partial charge in [-0.25, -0.2) is 4.79 Å². The van der Waals surface area contributed by atoms with E-state index in [1.54, 1.807) is 18.2 Å². The number of allylic oxidation sites excluding steroid dienone is 2. The molecular formula is C27H22N2O5. The quantitative estimate of drug-likeness (QED) is 0.356. The molecule has 0 bridgehead atoms. The Balaban J connectivity index is 1.25. The Kier molecular flexibility index (Phi) is 5.67. The molecule has 0 radical (unpaired) electrons. The zero-order valence-corrected chi connectivity index (χ0v) is 18.3. The number of ether oxygens (including phenoxy) is 1. The number of hydrogen-bond acceptors (Lipinski definition) is 5. The predicted octanol–water partition coefficient (Wildman–Crippen LogP) is 4.09. The zero-order valence-electron chi connectivity index (χ0n) is 18.3. The van der Waals surface area contributed by atoms with Gasteiger partial charge in [-0.3, -0.25) is 19.3 Å². The van der Waals surface area contributed by atoms with Crippen molar-refractivity contribution in [3.63, 3.8) is 0 Å². The summed E-state index contributed by atoms with van der Waals surface area (Å²) in [4.78, 5) is 51.8. The fourth-order valence-electron chi connectivity index (χ4n) is 4.56. The predicted molar refractivity (Wildman–Crippen MR) is 127 cm³/mol. The summed E-state index contributed by atoms with van der Waals surface area (Å²) in [6, 6.07) is 19.4. The minimum absolute atomic E-state index is 0.157. The van der Waals surface area contributed by atoms with Crippen molar-refractivity contribution in [3.8, 4) is 0 Å². The Morgan fingerprint density at radius 1 is 0.882 bits per heavy atom. The maximum atomic E-state index is 12.8. The average molecular weight is 454 g/mol. The fraction of sp³-hybridized carbons (Fsp3) is 0.185. The van der Waals surface area contributed by atoms with Crippen LogP contribution >= 0.6 is 0 Å². The highest BCUT2D eigenvalue weighted by molar-refractivity contribution is 6.22. The molecule has 3 aromatic carbocycles. The minimum atomic E-state index is -0.715. The lowest BCUT2D eigenvalue weighted by molar-refractivity contribution is -0.122. The molecule has 34 heavy (non-hydrogen) atoms. The van der Waals surface area contributed by atoms with Crippen LogP contribution in [0.15, 0.2) is 78.9 Å². The molecule has 0 unspecified atom stereocenters. The van der Waals surface area contributed by atoms with E-state index in [0.29, 0.717) is 24.2 Å². The molecule has 2 atom stereocenters. The van der Waals surface area contributed by atoms with Gasteiger partial charge in [0.1, 0.15) is 0 Å². The molecule has 1 aliphatic heterocycles. The summed E-state index contributed by atoms with van der Waals surface area (Å²) in [7, 11) is 0. The van der Waals surface area contributed by atoms with Gasteiger partial charge < -0.3 is 10.1 Å². The molecule has 1 fully saturated rings. The van der Waals surface area contributed by atoms with Crippen LogP contribution in [0, 0.1) is 11.8 Å². The van der Waals surface area contributed by atoms with Crippen LogP contribution in [-0.2, 0) is 19.1 Å². The first kappa shape index (κ1) is 21.6. The third kappa shape index (κ3) is 3.96. The number of rotatable bonds is 5. The third-order valence-corrected chi connectivity index (χ3v) is 6.25. The SMILES string of the molecule is O=C(COC(=O)c1cccc(N2C(=O)[C@@H]3CC=CC[C@H]3C2=O)c1)Nc1cccc2ccccc12. The maximum absolute atomic E-state index is 12.8. The number of esters is 1. The molecule has 1 N–H and O–H groups in total. The van der Waals surface area contributed by atoms with Gasteiger partial charge in [-0.1, -0.05) is 54.6 Å². The summed E-state index contributed by atoms with van der Waals surface area (Å²) in [6.07, 6.45) is 4.93. The van der Waals surface area contributed by atoms with Crippen molar-refractivity contribution in [2.75, 3.05) is 16.8 Å². The highest BCUT2D eigenvalue weighted by Gasteiger charge is 2.47. The second-order valence-electron chi connectivity index (χ2n) is 8.37. The molecule has 3 amide bonds. The summed E-state index contributed by atoms with van der Waals surface area (Å²) < 4.78 is 5.19. The van der Waals surface area contributed by atoms with Gasteiger partial charge in [-0.2, -0.15) is 0 Å². The zero-order chi connectivity index (χ0) is 23.7. The number of carbonyl (C=O) groups is 4. The Labute approximate surface area is 196 Å². The molecule has 0 aromatic heterocycles. The van der Waals surface area contributed by atoms with Gasteiger partial charge in [0.05, 0.1) is 23.1 Å². The number of anilines is 2. The van der Waals surface area contributed by atoms with Crippen molar-refractivity contribution in [2.45, 2.75) is 12.8 Å². The normalized spacial score (nSPS) is 19.2. The number of nitrogens with zero attached hydrogens (tertiary/aromatic N) is 1. The van der Waals surface area contributed by atoms with Crippen LogP contribution in [0.1, 0.15) is 23.2 Å². The fourth-order valence-corrected chi connectivity index (χ4v) is 4.56. The van der Waals surface area contributed by atoms with Gasteiger partial charge in [-0.15, -0.1) is 0 Å². The first-order chi connectivity index (χ1) is 16.5. The van der Waals surface area contributed by atoms with Crippen LogP contribution in [0.25, 0.3) is 10.8 Å². The van der Waals surface area contributed by atoms with Gasteiger partial charge in [0, 0.05) is 11.1 Å². The molecule has 170 valence electrons. The van der Waals surface area contributed by atoms with Crippen molar-refractivity contribution in [1.82, 2.24) is 0 Å². The van der Waals surface area contributed by atoms with E-state index in [1.165, 1.54) is 12.1 Å². The Hall–Kier alpha value is -4.26. The standard InChI is InChI=1S/C27H22N2O5/c30-24(28-23-14-6-8-17-7-1-2-11-20(17)23)16-34-27(33)18-9-5-10-19(15-18)29-25(31)21-12-3-4-13-22(21)26(29)32/h1-11,14-15,21-22H,12-13,16H2,(H,28,30)/t21-,22-/m1/s1. The molecule has 3 aromatic rings. The molecule has 1 heterocycles. The lowest BCUT2D eigenvalue weighted by atomic mass is 9.85.